The molecule has 0 unspecified atom stereocenters. The van der Waals surface area contributed by atoms with Crippen LogP contribution >= 0.6 is 27.3 Å². The van der Waals surface area contributed by atoms with Crippen LogP contribution in [-0.2, 0) is 9.53 Å². The summed E-state index contributed by atoms with van der Waals surface area (Å²) in [5, 5.41) is 0. The molecule has 0 N–H and O–H groups in total. The van der Waals surface area contributed by atoms with E-state index in [0.717, 1.165) is 4.47 Å². The Morgan fingerprint density at radius 2 is 1.82 bits per heavy atom. The van der Waals surface area contributed by atoms with Gasteiger partial charge in [0.15, 0.2) is 27.8 Å². The van der Waals surface area contributed by atoms with Crippen LogP contribution in [0.2, 0.25) is 0 Å². The smallest absolute Gasteiger partial charge is 0.338 e. The van der Waals surface area contributed by atoms with Crippen LogP contribution in [0.5, 0.6) is 23.0 Å². The van der Waals surface area contributed by atoms with Crippen molar-refractivity contribution in [2.24, 2.45) is 4.99 Å². The lowest BCUT2D eigenvalue weighted by Gasteiger charge is -2.25. The summed E-state index contributed by atoms with van der Waals surface area (Å²) in [7, 11) is 4.64. The van der Waals surface area contributed by atoms with Crippen LogP contribution in [0.3, 0.4) is 0 Å². The molecule has 3 aromatic rings. The van der Waals surface area contributed by atoms with Crippen molar-refractivity contribution in [3.63, 3.8) is 0 Å². The Labute approximate surface area is 244 Å². The second-order valence-corrected chi connectivity index (χ2v) is 11.0. The first-order valence-corrected chi connectivity index (χ1v) is 14.2. The Balaban J connectivity index is 1.98. The lowest BCUT2D eigenvalue weighted by atomic mass is 9.95. The van der Waals surface area contributed by atoms with E-state index in [4.69, 9.17) is 23.7 Å². The number of halogens is 1. The van der Waals surface area contributed by atoms with Crippen LogP contribution in [0.4, 0.5) is 0 Å². The first kappa shape index (κ1) is 29.4. The summed E-state index contributed by atoms with van der Waals surface area (Å²) in [5.41, 5.74) is 1.74. The molecule has 0 saturated carbocycles. The van der Waals surface area contributed by atoms with Crippen LogP contribution in [-0.4, -0.2) is 44.6 Å². The summed E-state index contributed by atoms with van der Waals surface area (Å²) in [5.74, 6) is 1.51. The molecule has 1 aliphatic rings. The number of fused-ring (bicyclic) bond motifs is 1. The van der Waals surface area contributed by atoms with Gasteiger partial charge in [-0.3, -0.25) is 9.36 Å². The molecule has 1 aliphatic heterocycles. The van der Waals surface area contributed by atoms with Crippen LogP contribution in [0.15, 0.2) is 55.9 Å². The van der Waals surface area contributed by atoms with E-state index in [9.17, 15) is 9.59 Å². The van der Waals surface area contributed by atoms with Crippen molar-refractivity contribution < 1.29 is 28.5 Å². The second-order valence-electron chi connectivity index (χ2n) is 9.11. The number of thiazole rings is 1. The highest BCUT2D eigenvalue weighted by Gasteiger charge is 2.34. The molecule has 0 bridgehead atoms. The fourth-order valence-electron chi connectivity index (χ4n) is 4.52. The number of ether oxygens (including phenoxy) is 5. The molecule has 0 fully saturated rings. The molecule has 0 aliphatic carbocycles. The van der Waals surface area contributed by atoms with Gasteiger partial charge in [0.1, 0.15) is 0 Å². The number of allylic oxidation sites excluding steroid dienone is 1. The molecule has 0 radical (unpaired) electrons. The monoisotopic (exact) mass is 630 g/mol. The molecule has 2 aromatic carbocycles. The zero-order valence-corrected chi connectivity index (χ0v) is 25.8. The van der Waals surface area contributed by atoms with E-state index < -0.39 is 12.0 Å². The third-order valence-corrected chi connectivity index (χ3v) is 7.58. The van der Waals surface area contributed by atoms with Gasteiger partial charge in [0.2, 0.25) is 0 Å². The first-order chi connectivity index (χ1) is 19.1. The SMILES string of the molecule is CCOC(=O)C1=C(C)N=c2s/c(=C/c3cc(Br)cc(OC)c3OC)c(=O)n2[C@H]1c1ccc(OC(C)C)c(OC)c1. The number of aromatic nitrogens is 1. The van der Waals surface area contributed by atoms with E-state index in [1.165, 1.54) is 15.9 Å². The van der Waals surface area contributed by atoms with E-state index in [0.29, 0.717) is 49.2 Å². The highest BCUT2D eigenvalue weighted by atomic mass is 79.9. The van der Waals surface area contributed by atoms with E-state index in [2.05, 4.69) is 20.9 Å². The molecule has 0 saturated heterocycles. The van der Waals surface area contributed by atoms with Gasteiger partial charge in [-0.25, -0.2) is 9.79 Å². The Morgan fingerprint density at radius 3 is 2.45 bits per heavy atom. The quantitative estimate of drug-likeness (QED) is 0.324. The van der Waals surface area contributed by atoms with Crippen molar-refractivity contribution in [3.05, 3.63) is 76.9 Å². The third kappa shape index (κ3) is 5.66. The molecular formula is C29H31BrN2O7S. The summed E-state index contributed by atoms with van der Waals surface area (Å²) < 4.78 is 30.6. The Hall–Kier alpha value is -3.57. The maximum atomic E-state index is 14.0. The van der Waals surface area contributed by atoms with E-state index >= 15 is 0 Å². The second kappa shape index (κ2) is 12.3. The van der Waals surface area contributed by atoms with Crippen molar-refractivity contribution in [1.29, 1.82) is 0 Å². The van der Waals surface area contributed by atoms with Crippen LogP contribution in [0.25, 0.3) is 6.08 Å². The number of hydrogen-bond acceptors (Lipinski definition) is 9. The average molecular weight is 632 g/mol. The van der Waals surface area contributed by atoms with E-state index in [-0.39, 0.29) is 23.8 Å². The average Bonchev–Trinajstić information content (AvgIpc) is 3.21. The summed E-state index contributed by atoms with van der Waals surface area (Å²) in [6.07, 6.45) is 1.67. The molecule has 4 rings (SSSR count). The predicted octanol–water partition coefficient (Wildman–Crippen LogP) is 4.37. The number of nitrogens with zero attached hydrogens (tertiary/aromatic N) is 2. The molecule has 40 heavy (non-hydrogen) atoms. The van der Waals surface area contributed by atoms with Crippen molar-refractivity contribution in [1.82, 2.24) is 4.57 Å². The summed E-state index contributed by atoms with van der Waals surface area (Å²) >= 11 is 4.71. The van der Waals surface area contributed by atoms with Gasteiger partial charge in [0, 0.05) is 10.0 Å². The van der Waals surface area contributed by atoms with Crippen molar-refractivity contribution in [2.45, 2.75) is 39.8 Å². The first-order valence-electron chi connectivity index (χ1n) is 12.6. The van der Waals surface area contributed by atoms with Crippen molar-refractivity contribution >= 4 is 39.3 Å². The molecule has 212 valence electrons. The number of benzene rings is 2. The fraction of sp³-hybridized carbons (Fsp3) is 0.345. The zero-order valence-electron chi connectivity index (χ0n) is 23.4. The lowest BCUT2D eigenvalue weighted by Crippen LogP contribution is -2.40. The van der Waals surface area contributed by atoms with Gasteiger partial charge in [-0.1, -0.05) is 33.3 Å². The number of rotatable bonds is 9. The minimum atomic E-state index is -0.793. The molecule has 1 atom stereocenters. The molecule has 9 nitrogen and oxygen atoms in total. The Bertz CT molecular complexity index is 1660. The standard InChI is InChI=1S/C29H31BrN2O7S/c1-8-38-28(34)24-16(4)31-29-32(25(24)17-9-10-20(39-15(2)3)21(12-17)35-5)27(33)23(40-29)13-18-11-19(30)14-22(36-6)26(18)37-7/h9-15,25H,8H2,1-7H3/b23-13+/t25-/m0/s1. The molecule has 11 heteroatoms. The minimum absolute atomic E-state index is 0.0664. The topological polar surface area (TPSA) is 97.6 Å². The summed E-state index contributed by atoms with van der Waals surface area (Å²) in [6, 6.07) is 8.21. The van der Waals surface area contributed by atoms with Gasteiger partial charge in [-0.05, 0) is 63.6 Å². The maximum absolute atomic E-state index is 14.0. The maximum Gasteiger partial charge on any atom is 0.338 e. The molecule has 1 aromatic heterocycles. The molecule has 2 heterocycles. The van der Waals surface area contributed by atoms with Gasteiger partial charge < -0.3 is 23.7 Å². The normalized spacial score (nSPS) is 15.0. The predicted molar refractivity (Wildman–Crippen MR) is 156 cm³/mol. The summed E-state index contributed by atoms with van der Waals surface area (Å²) in [4.78, 5) is 32.3. The van der Waals surface area contributed by atoms with Crippen LogP contribution < -0.4 is 33.8 Å². The minimum Gasteiger partial charge on any atom is -0.493 e. The van der Waals surface area contributed by atoms with E-state index in [1.807, 2.05) is 26.0 Å². The number of carbonyl (C=O) groups excluding carboxylic acids is 1. The number of methoxy groups -OCH3 is 3. The van der Waals surface area contributed by atoms with Gasteiger partial charge in [-0.15, -0.1) is 0 Å². The van der Waals surface area contributed by atoms with Crippen LogP contribution in [0, 0.1) is 0 Å². The number of carbonyl (C=O) groups is 1. The molecule has 0 amide bonds. The Kier molecular flexibility index (Phi) is 9.05. The highest BCUT2D eigenvalue weighted by molar-refractivity contribution is 9.10. The van der Waals surface area contributed by atoms with Gasteiger partial charge in [0.05, 0.1) is 55.9 Å². The van der Waals surface area contributed by atoms with E-state index in [1.54, 1.807) is 59.5 Å². The van der Waals surface area contributed by atoms with Crippen molar-refractivity contribution in [3.8, 4) is 23.0 Å². The lowest BCUT2D eigenvalue weighted by molar-refractivity contribution is -0.139. The molecule has 0 spiro atoms. The summed E-state index contributed by atoms with van der Waals surface area (Å²) in [6.45, 7) is 7.50. The number of hydrogen-bond donors (Lipinski definition) is 0. The largest absolute Gasteiger partial charge is 0.493 e. The number of esters is 1. The van der Waals surface area contributed by atoms with Gasteiger partial charge in [-0.2, -0.15) is 0 Å². The van der Waals surface area contributed by atoms with Gasteiger partial charge in [0.25, 0.3) is 5.56 Å². The third-order valence-electron chi connectivity index (χ3n) is 6.14. The molecular weight excluding hydrogens is 600 g/mol. The highest BCUT2D eigenvalue weighted by Crippen LogP contribution is 2.37. The Morgan fingerprint density at radius 1 is 1.10 bits per heavy atom. The zero-order chi connectivity index (χ0) is 29.1. The van der Waals surface area contributed by atoms with Gasteiger partial charge >= 0.3 is 5.97 Å². The van der Waals surface area contributed by atoms with Crippen LogP contribution in [0.1, 0.15) is 44.9 Å². The van der Waals surface area contributed by atoms with Crippen molar-refractivity contribution in [2.75, 3.05) is 27.9 Å². The fourth-order valence-corrected chi connectivity index (χ4v) is 6.01.